The number of hydrogen-bond acceptors (Lipinski definition) is 4. The summed E-state index contributed by atoms with van der Waals surface area (Å²) in [6.07, 6.45) is 3.94. The van der Waals surface area contributed by atoms with Crippen LogP contribution in [-0.2, 0) is 19.5 Å². The monoisotopic (exact) mass is 356 g/mol. The van der Waals surface area contributed by atoms with Crippen LogP contribution < -0.4 is 5.56 Å². The third-order valence-corrected chi connectivity index (χ3v) is 5.08. The second kappa shape index (κ2) is 7.10. The van der Waals surface area contributed by atoms with Crippen LogP contribution in [0.5, 0.6) is 0 Å². The van der Waals surface area contributed by atoms with E-state index < -0.39 is 0 Å². The number of aromatic nitrogens is 2. The highest BCUT2D eigenvalue weighted by Gasteiger charge is 2.22. The molecule has 6 heteroatoms. The predicted molar refractivity (Wildman–Crippen MR) is 99.4 cm³/mol. The first-order valence-corrected chi connectivity index (χ1v) is 9.19. The first-order chi connectivity index (χ1) is 12.2. The molecule has 1 N–H and O–H groups in total. The van der Waals surface area contributed by atoms with Crippen molar-refractivity contribution < 1.29 is 0 Å². The van der Waals surface area contributed by atoms with Crippen LogP contribution in [0.25, 0.3) is 0 Å². The maximum absolute atomic E-state index is 12.6. The van der Waals surface area contributed by atoms with Crippen LogP contribution in [0.4, 0.5) is 0 Å². The zero-order chi connectivity index (χ0) is 17.2. The summed E-state index contributed by atoms with van der Waals surface area (Å²) in [5, 5.41) is 0.743. The second-order valence-electron chi connectivity index (χ2n) is 6.72. The van der Waals surface area contributed by atoms with Crippen molar-refractivity contribution in [3.05, 3.63) is 62.3 Å². The van der Waals surface area contributed by atoms with E-state index in [4.69, 9.17) is 16.6 Å². The van der Waals surface area contributed by atoms with Gasteiger partial charge in [0.05, 0.1) is 17.0 Å². The van der Waals surface area contributed by atoms with Crippen LogP contribution in [0, 0.1) is 0 Å². The highest BCUT2D eigenvalue weighted by Crippen LogP contribution is 2.19. The number of nitrogens with zero attached hydrogens (tertiary/aromatic N) is 3. The fourth-order valence-electron chi connectivity index (χ4n) is 3.54. The summed E-state index contributed by atoms with van der Waals surface area (Å²) in [5.41, 5.74) is 3.80. The average Bonchev–Trinajstić information content (AvgIpc) is 2.63. The smallest absolute Gasteiger partial charge is 0.255 e. The lowest BCUT2D eigenvalue weighted by atomic mass is 10.0. The quantitative estimate of drug-likeness (QED) is 0.919. The van der Waals surface area contributed by atoms with Crippen LogP contribution >= 0.6 is 11.6 Å². The highest BCUT2D eigenvalue weighted by atomic mass is 35.5. The Balaban J connectivity index is 1.55. The van der Waals surface area contributed by atoms with Gasteiger partial charge in [-0.15, -0.1) is 0 Å². The van der Waals surface area contributed by atoms with E-state index in [0.29, 0.717) is 12.4 Å². The number of fused-ring (bicyclic) bond motifs is 1. The van der Waals surface area contributed by atoms with E-state index in [1.54, 1.807) is 0 Å². The van der Waals surface area contributed by atoms with Gasteiger partial charge in [0.15, 0.2) is 5.82 Å². The Morgan fingerprint density at radius 3 is 2.96 bits per heavy atom. The number of benzene rings is 1. The number of H-pyrrole nitrogens is 1. The molecule has 0 unspecified atom stereocenters. The van der Waals surface area contributed by atoms with E-state index in [1.807, 2.05) is 18.2 Å². The Morgan fingerprint density at radius 1 is 1.24 bits per heavy atom. The van der Waals surface area contributed by atoms with E-state index in [1.165, 1.54) is 0 Å². The van der Waals surface area contributed by atoms with Crippen molar-refractivity contribution in [3.63, 3.8) is 0 Å². The van der Waals surface area contributed by atoms with Gasteiger partial charge in [-0.25, -0.2) is 4.98 Å². The first-order valence-electron chi connectivity index (χ1n) is 8.81. The molecule has 2 aliphatic heterocycles. The largest absolute Gasteiger partial charge is 0.305 e. The van der Waals surface area contributed by atoms with Crippen molar-refractivity contribution in [2.45, 2.75) is 38.8 Å². The summed E-state index contributed by atoms with van der Waals surface area (Å²) in [6, 6.07) is 7.87. The number of rotatable bonds is 3. The van der Waals surface area contributed by atoms with Gasteiger partial charge < -0.3 is 4.98 Å². The van der Waals surface area contributed by atoms with Crippen molar-refractivity contribution in [2.24, 2.45) is 4.99 Å². The van der Waals surface area contributed by atoms with E-state index in [2.05, 4.69) is 20.9 Å². The van der Waals surface area contributed by atoms with Gasteiger partial charge >= 0.3 is 0 Å². The van der Waals surface area contributed by atoms with Gasteiger partial charge in [-0.2, -0.15) is 0 Å². The molecule has 0 saturated heterocycles. The molecule has 0 aliphatic carbocycles. The van der Waals surface area contributed by atoms with Gasteiger partial charge in [0.25, 0.3) is 5.56 Å². The molecule has 0 amide bonds. The summed E-state index contributed by atoms with van der Waals surface area (Å²) < 4.78 is 0. The summed E-state index contributed by atoms with van der Waals surface area (Å²) >= 11 is 6.07. The molecule has 4 rings (SSSR count). The summed E-state index contributed by atoms with van der Waals surface area (Å²) in [7, 11) is 0. The minimum atomic E-state index is -0.0240. The molecule has 0 bridgehead atoms. The molecular formula is C19H21ClN4O. The summed E-state index contributed by atoms with van der Waals surface area (Å²) in [4.78, 5) is 27.1. The molecule has 1 aromatic heterocycles. The molecule has 5 nitrogen and oxygen atoms in total. The summed E-state index contributed by atoms with van der Waals surface area (Å²) in [5.74, 6) is 0.673. The average molecular weight is 357 g/mol. The Bertz CT molecular complexity index is 874. The van der Waals surface area contributed by atoms with Crippen molar-refractivity contribution >= 4 is 17.3 Å². The molecule has 130 valence electrons. The summed E-state index contributed by atoms with van der Waals surface area (Å²) in [6.45, 7) is 3.14. The Labute approximate surface area is 151 Å². The first kappa shape index (κ1) is 16.5. The lowest BCUT2D eigenvalue weighted by Crippen LogP contribution is -2.36. The molecule has 1 aromatic carbocycles. The number of hydrogen-bond donors (Lipinski definition) is 1. The van der Waals surface area contributed by atoms with Crippen molar-refractivity contribution in [1.29, 1.82) is 0 Å². The molecular weight excluding hydrogens is 336 g/mol. The predicted octanol–water partition coefficient (Wildman–Crippen LogP) is 2.95. The van der Waals surface area contributed by atoms with Crippen molar-refractivity contribution in [3.8, 4) is 0 Å². The number of halogens is 1. The molecule has 2 aromatic rings. The third-order valence-electron chi connectivity index (χ3n) is 4.84. The highest BCUT2D eigenvalue weighted by molar-refractivity contribution is 6.30. The lowest BCUT2D eigenvalue weighted by molar-refractivity contribution is 0.241. The molecule has 0 saturated carbocycles. The number of aromatic amines is 1. The molecule has 0 radical (unpaired) electrons. The molecule has 0 atom stereocenters. The van der Waals surface area contributed by atoms with E-state index in [9.17, 15) is 4.79 Å². The molecule has 2 aliphatic rings. The van der Waals surface area contributed by atoms with Gasteiger partial charge in [-0.1, -0.05) is 23.7 Å². The van der Waals surface area contributed by atoms with Crippen LogP contribution in [0.15, 0.2) is 34.1 Å². The third kappa shape index (κ3) is 3.67. The lowest BCUT2D eigenvalue weighted by Gasteiger charge is -2.28. The number of nitrogens with one attached hydrogen (secondary N) is 1. The van der Waals surface area contributed by atoms with Gasteiger partial charge in [0.1, 0.15) is 0 Å². The standard InChI is InChI=1S/C19H21ClN4O/c20-14-5-3-4-13(10-14)11-24-9-7-16-15(12-24)19(25)23-18(22-16)17-6-1-2-8-21-17/h3-5,10H,1-2,6-9,11-12H2,(H,22,23,25). The normalized spacial score (nSPS) is 17.9. The van der Waals surface area contributed by atoms with E-state index >= 15 is 0 Å². The Kier molecular flexibility index (Phi) is 4.68. The van der Waals surface area contributed by atoms with Crippen LogP contribution in [0.2, 0.25) is 5.02 Å². The van der Waals surface area contributed by atoms with Crippen molar-refractivity contribution in [2.75, 3.05) is 13.1 Å². The Morgan fingerprint density at radius 2 is 2.16 bits per heavy atom. The molecule has 25 heavy (non-hydrogen) atoms. The van der Waals surface area contributed by atoms with Gasteiger partial charge in [-0.05, 0) is 37.0 Å². The van der Waals surface area contributed by atoms with Gasteiger partial charge in [-0.3, -0.25) is 14.7 Å². The van der Waals surface area contributed by atoms with Crippen LogP contribution in [0.1, 0.15) is 41.9 Å². The molecule has 0 spiro atoms. The minimum Gasteiger partial charge on any atom is -0.305 e. The Hall–Kier alpha value is -1.98. The van der Waals surface area contributed by atoms with Gasteiger partial charge in [0, 0.05) is 37.6 Å². The SMILES string of the molecule is O=c1[nH]c(C2=NCCCC2)nc2c1CN(Cc1cccc(Cl)c1)CC2. The fraction of sp³-hybridized carbons (Fsp3) is 0.421. The zero-order valence-electron chi connectivity index (χ0n) is 14.1. The zero-order valence-corrected chi connectivity index (χ0v) is 14.9. The van der Waals surface area contributed by atoms with E-state index in [-0.39, 0.29) is 5.56 Å². The van der Waals surface area contributed by atoms with Gasteiger partial charge in [0.2, 0.25) is 0 Å². The maximum Gasteiger partial charge on any atom is 0.255 e. The minimum absolute atomic E-state index is 0.0240. The number of aliphatic imine (C=N–C) groups is 1. The maximum atomic E-state index is 12.6. The topological polar surface area (TPSA) is 61.4 Å². The molecule has 0 fully saturated rings. The fourth-order valence-corrected chi connectivity index (χ4v) is 3.75. The van der Waals surface area contributed by atoms with Crippen LogP contribution in [0.3, 0.4) is 0 Å². The van der Waals surface area contributed by atoms with E-state index in [0.717, 1.165) is 72.9 Å². The second-order valence-corrected chi connectivity index (χ2v) is 7.15. The van der Waals surface area contributed by atoms with Crippen molar-refractivity contribution in [1.82, 2.24) is 14.9 Å². The molecule has 3 heterocycles. The van der Waals surface area contributed by atoms with Crippen LogP contribution in [-0.4, -0.2) is 33.7 Å².